The maximum Gasteiger partial charge on any atom is 0.161 e. The number of ether oxygens (including phenoxy) is 2. The zero-order valence-electron chi connectivity index (χ0n) is 10.1. The van der Waals surface area contributed by atoms with Crippen molar-refractivity contribution >= 4 is 0 Å². The molecule has 5 nitrogen and oxygen atoms in total. The van der Waals surface area contributed by atoms with Crippen LogP contribution in [0.25, 0.3) is 0 Å². The molecule has 5 heteroatoms. The number of benzene rings is 1. The van der Waals surface area contributed by atoms with Crippen molar-refractivity contribution < 1.29 is 14.6 Å². The SMILES string of the molecule is COc1cc2c(cc1OC)CN(N)C(CO)C2. The second-order valence-electron chi connectivity index (χ2n) is 4.19. The normalized spacial score (nSPS) is 19.9. The lowest BCUT2D eigenvalue weighted by Gasteiger charge is -2.32. The summed E-state index contributed by atoms with van der Waals surface area (Å²) in [7, 11) is 3.23. The molecule has 0 saturated heterocycles. The van der Waals surface area contributed by atoms with Crippen molar-refractivity contribution in [3.8, 4) is 11.5 Å². The van der Waals surface area contributed by atoms with Crippen LogP contribution in [0.4, 0.5) is 0 Å². The first-order chi connectivity index (χ1) is 8.19. The van der Waals surface area contributed by atoms with Gasteiger partial charge in [0.2, 0.25) is 0 Å². The van der Waals surface area contributed by atoms with Gasteiger partial charge in [-0.15, -0.1) is 0 Å². The first kappa shape index (κ1) is 12.2. The number of hydrogen-bond donors (Lipinski definition) is 2. The number of nitrogens with zero attached hydrogens (tertiary/aromatic N) is 1. The van der Waals surface area contributed by atoms with Crippen molar-refractivity contribution in [1.82, 2.24) is 5.01 Å². The van der Waals surface area contributed by atoms with Crippen LogP contribution in [0.3, 0.4) is 0 Å². The molecule has 2 rings (SSSR count). The summed E-state index contributed by atoms with van der Waals surface area (Å²) in [6, 6.07) is 3.88. The Morgan fingerprint density at radius 1 is 1.29 bits per heavy atom. The monoisotopic (exact) mass is 238 g/mol. The number of hydrazine groups is 1. The minimum Gasteiger partial charge on any atom is -0.493 e. The lowest BCUT2D eigenvalue weighted by Crippen LogP contribution is -2.47. The highest BCUT2D eigenvalue weighted by molar-refractivity contribution is 5.48. The Morgan fingerprint density at radius 2 is 1.88 bits per heavy atom. The Balaban J connectivity index is 2.37. The molecule has 0 bridgehead atoms. The molecule has 1 unspecified atom stereocenters. The molecular weight excluding hydrogens is 220 g/mol. The van der Waals surface area contributed by atoms with Crippen LogP contribution in [0.2, 0.25) is 0 Å². The van der Waals surface area contributed by atoms with Gasteiger partial charge in [0.1, 0.15) is 0 Å². The van der Waals surface area contributed by atoms with E-state index in [2.05, 4.69) is 0 Å². The molecule has 0 spiro atoms. The maximum atomic E-state index is 9.24. The molecule has 0 radical (unpaired) electrons. The Hall–Kier alpha value is -1.30. The zero-order chi connectivity index (χ0) is 12.4. The molecule has 0 aliphatic carbocycles. The standard InChI is InChI=1S/C12H18N2O3/c1-16-11-4-8-3-10(7-15)14(13)6-9(8)5-12(11)17-2/h4-5,10,15H,3,6-7,13H2,1-2H3. The van der Waals surface area contributed by atoms with Crippen LogP contribution in [-0.2, 0) is 13.0 Å². The molecule has 1 aromatic rings. The summed E-state index contributed by atoms with van der Waals surface area (Å²) >= 11 is 0. The quantitative estimate of drug-likeness (QED) is 0.741. The van der Waals surface area contributed by atoms with Crippen molar-refractivity contribution in [3.05, 3.63) is 23.3 Å². The van der Waals surface area contributed by atoms with Gasteiger partial charge in [-0.05, 0) is 29.7 Å². The van der Waals surface area contributed by atoms with E-state index in [1.807, 2.05) is 12.1 Å². The van der Waals surface area contributed by atoms with Gasteiger partial charge in [0.05, 0.1) is 26.9 Å². The third-order valence-corrected chi connectivity index (χ3v) is 3.19. The molecule has 3 N–H and O–H groups in total. The fraction of sp³-hybridized carbons (Fsp3) is 0.500. The van der Waals surface area contributed by atoms with Crippen molar-refractivity contribution in [2.45, 2.75) is 19.0 Å². The van der Waals surface area contributed by atoms with E-state index in [9.17, 15) is 5.11 Å². The molecule has 0 amide bonds. The molecule has 1 heterocycles. The van der Waals surface area contributed by atoms with Gasteiger partial charge in [0, 0.05) is 6.54 Å². The van der Waals surface area contributed by atoms with Gasteiger partial charge < -0.3 is 14.6 Å². The van der Waals surface area contributed by atoms with Crippen LogP contribution in [0.1, 0.15) is 11.1 Å². The van der Waals surface area contributed by atoms with E-state index in [4.69, 9.17) is 15.3 Å². The van der Waals surface area contributed by atoms with Crippen LogP contribution in [0.15, 0.2) is 12.1 Å². The molecule has 94 valence electrons. The van der Waals surface area contributed by atoms with E-state index in [-0.39, 0.29) is 12.6 Å². The highest BCUT2D eigenvalue weighted by Crippen LogP contribution is 2.33. The molecule has 17 heavy (non-hydrogen) atoms. The molecular formula is C12H18N2O3. The van der Waals surface area contributed by atoms with Crippen LogP contribution in [-0.4, -0.2) is 37.0 Å². The third kappa shape index (κ3) is 2.22. The van der Waals surface area contributed by atoms with Gasteiger partial charge in [0.15, 0.2) is 11.5 Å². The van der Waals surface area contributed by atoms with Crippen LogP contribution >= 0.6 is 0 Å². The summed E-state index contributed by atoms with van der Waals surface area (Å²) in [5.41, 5.74) is 2.28. The van der Waals surface area contributed by atoms with Crippen LogP contribution < -0.4 is 15.3 Å². The van der Waals surface area contributed by atoms with Crippen molar-refractivity contribution in [2.24, 2.45) is 5.84 Å². The number of aliphatic hydroxyl groups excluding tert-OH is 1. The molecule has 1 aromatic carbocycles. The van der Waals surface area contributed by atoms with Crippen molar-refractivity contribution in [3.63, 3.8) is 0 Å². The highest BCUT2D eigenvalue weighted by Gasteiger charge is 2.25. The maximum absolute atomic E-state index is 9.24. The molecule has 0 saturated carbocycles. The second kappa shape index (κ2) is 4.91. The highest BCUT2D eigenvalue weighted by atomic mass is 16.5. The smallest absolute Gasteiger partial charge is 0.161 e. The Kier molecular flexibility index (Phi) is 3.51. The number of hydrogen-bond acceptors (Lipinski definition) is 5. The van der Waals surface area contributed by atoms with E-state index in [1.165, 1.54) is 0 Å². The first-order valence-electron chi connectivity index (χ1n) is 5.55. The minimum absolute atomic E-state index is 0.0272. The fourth-order valence-corrected chi connectivity index (χ4v) is 2.17. The van der Waals surface area contributed by atoms with Crippen LogP contribution in [0, 0.1) is 0 Å². The van der Waals surface area contributed by atoms with E-state index in [1.54, 1.807) is 19.2 Å². The molecule has 0 fully saturated rings. The fourth-order valence-electron chi connectivity index (χ4n) is 2.17. The van der Waals surface area contributed by atoms with Crippen LogP contribution in [0.5, 0.6) is 11.5 Å². The predicted molar refractivity (Wildman–Crippen MR) is 63.9 cm³/mol. The second-order valence-corrected chi connectivity index (χ2v) is 4.19. The summed E-state index contributed by atoms with van der Waals surface area (Å²) in [4.78, 5) is 0. The van der Waals surface area contributed by atoms with Gasteiger partial charge >= 0.3 is 0 Å². The Morgan fingerprint density at radius 3 is 2.41 bits per heavy atom. The average Bonchev–Trinajstić information content (AvgIpc) is 2.36. The number of fused-ring (bicyclic) bond motifs is 1. The lowest BCUT2D eigenvalue weighted by atomic mass is 9.95. The van der Waals surface area contributed by atoms with Gasteiger partial charge in [-0.25, -0.2) is 5.01 Å². The van der Waals surface area contributed by atoms with Crippen molar-refractivity contribution in [2.75, 3.05) is 20.8 Å². The molecule has 1 atom stereocenters. The first-order valence-corrected chi connectivity index (χ1v) is 5.55. The largest absolute Gasteiger partial charge is 0.493 e. The van der Waals surface area contributed by atoms with E-state index in [0.29, 0.717) is 18.0 Å². The van der Waals surface area contributed by atoms with Crippen molar-refractivity contribution in [1.29, 1.82) is 0 Å². The Bertz CT molecular complexity index is 409. The number of aliphatic hydroxyl groups is 1. The summed E-state index contributed by atoms with van der Waals surface area (Å²) in [5.74, 6) is 7.29. The lowest BCUT2D eigenvalue weighted by molar-refractivity contribution is 0.107. The van der Waals surface area contributed by atoms with Gasteiger partial charge in [-0.1, -0.05) is 0 Å². The van der Waals surface area contributed by atoms with Gasteiger partial charge in [-0.3, -0.25) is 5.84 Å². The van der Waals surface area contributed by atoms with Gasteiger partial charge in [0.25, 0.3) is 0 Å². The zero-order valence-corrected chi connectivity index (χ0v) is 10.1. The predicted octanol–water partition coefficient (Wildman–Crippen LogP) is 0.296. The molecule has 1 aliphatic heterocycles. The summed E-state index contributed by atoms with van der Waals surface area (Å²) < 4.78 is 10.5. The van der Waals surface area contributed by atoms with E-state index < -0.39 is 0 Å². The van der Waals surface area contributed by atoms with E-state index >= 15 is 0 Å². The summed E-state index contributed by atoms with van der Waals surface area (Å²) in [6.45, 7) is 0.672. The number of nitrogens with two attached hydrogens (primary N) is 1. The van der Waals surface area contributed by atoms with E-state index in [0.717, 1.165) is 17.5 Å². The minimum atomic E-state index is -0.0272. The summed E-state index contributed by atoms with van der Waals surface area (Å²) in [5, 5.41) is 10.9. The third-order valence-electron chi connectivity index (χ3n) is 3.19. The number of methoxy groups -OCH3 is 2. The average molecular weight is 238 g/mol. The number of rotatable bonds is 3. The molecule has 1 aliphatic rings. The topological polar surface area (TPSA) is 68.0 Å². The Labute approximate surface area is 101 Å². The van der Waals surface area contributed by atoms with Gasteiger partial charge in [-0.2, -0.15) is 0 Å². The summed E-state index contributed by atoms with van der Waals surface area (Å²) in [6.07, 6.45) is 0.725. The molecule has 0 aromatic heterocycles.